The highest BCUT2D eigenvalue weighted by atomic mass is 15.2. The summed E-state index contributed by atoms with van der Waals surface area (Å²) in [6.45, 7) is 17.7. The predicted octanol–water partition coefficient (Wildman–Crippen LogP) is 16.2. The molecular formula is C61H60N2. The van der Waals surface area contributed by atoms with Crippen molar-refractivity contribution in [1.82, 2.24) is 0 Å². The van der Waals surface area contributed by atoms with Crippen LogP contribution in [0.4, 0.5) is 17.1 Å². The van der Waals surface area contributed by atoms with E-state index in [1.165, 1.54) is 89.6 Å². The largest absolute Gasteiger partial charge is 0.337 e. The first-order chi connectivity index (χ1) is 31.0. The third-order valence-corrected chi connectivity index (χ3v) is 12.4. The lowest BCUT2D eigenvalue weighted by Gasteiger charge is -2.37. The zero-order chi connectivity index (χ0) is 44.3. The summed E-state index contributed by atoms with van der Waals surface area (Å²) in [4.78, 5) is 5.15. The zero-order valence-corrected chi connectivity index (χ0v) is 37.3. The van der Waals surface area contributed by atoms with Gasteiger partial charge in [-0.05, 0) is 136 Å². The van der Waals surface area contributed by atoms with Crippen LogP contribution in [0.15, 0.2) is 207 Å². The van der Waals surface area contributed by atoms with Crippen molar-refractivity contribution in [2.45, 2.75) is 58.9 Å². The van der Waals surface area contributed by atoms with Crippen LogP contribution in [0.5, 0.6) is 0 Å². The maximum Gasteiger partial charge on any atom is 0.0626 e. The molecule has 2 aliphatic carbocycles. The molecule has 2 heterocycles. The number of rotatable bonds is 9. The Balaban J connectivity index is 0.00000145. The molecule has 2 heteroatoms. The van der Waals surface area contributed by atoms with Crippen LogP contribution in [-0.4, -0.2) is 12.6 Å². The van der Waals surface area contributed by atoms with Gasteiger partial charge in [0, 0.05) is 35.2 Å². The molecule has 9 rings (SSSR count). The Labute approximate surface area is 377 Å². The van der Waals surface area contributed by atoms with E-state index in [2.05, 4.69) is 233 Å². The fraction of sp³-hybridized carbons (Fsp3) is 0.180. The summed E-state index contributed by atoms with van der Waals surface area (Å²) in [5, 5.41) is 0. The monoisotopic (exact) mass is 820 g/mol. The maximum atomic E-state index is 4.24. The van der Waals surface area contributed by atoms with E-state index in [4.69, 9.17) is 0 Å². The van der Waals surface area contributed by atoms with Crippen molar-refractivity contribution in [3.05, 3.63) is 234 Å². The van der Waals surface area contributed by atoms with Gasteiger partial charge in [-0.1, -0.05) is 166 Å². The van der Waals surface area contributed by atoms with Crippen LogP contribution in [0.25, 0.3) is 33.9 Å². The lowest BCUT2D eigenvalue weighted by Crippen LogP contribution is -2.33. The molecule has 0 radical (unpaired) electrons. The van der Waals surface area contributed by atoms with Gasteiger partial charge in [0.2, 0.25) is 0 Å². The van der Waals surface area contributed by atoms with Crippen molar-refractivity contribution in [3.63, 3.8) is 0 Å². The number of aryl methyl sites for hydroxylation is 1. The van der Waals surface area contributed by atoms with E-state index in [0.29, 0.717) is 0 Å². The van der Waals surface area contributed by atoms with Crippen LogP contribution < -0.4 is 9.80 Å². The lowest BCUT2D eigenvalue weighted by atomic mass is 9.79. The van der Waals surface area contributed by atoms with Crippen LogP contribution in [0.1, 0.15) is 73.8 Å². The number of terminal acetylenes is 1. The standard InChI is InChI=1S/C57H54N2.C2H4.C2H2/c1-5-8-19-47-39-58(50-22-10-9-11-23-50)57-32-30-45(38-54(57)53-25-14-13-24-52(47)53)44-29-31-56-46(34-44)28-27-42-20-12-15-26-55(42)59(56)51-36-48(41(7-3)17-6-2)35-49(37-51)43-21-16-18-40(4)33-43;2*1-2/h7,9-30,32-37,45,56H,3,5-6,8,31,38-39H2,1-2,4H3;1-2H2;1-2H/b41-17+,47-19+;;. The molecule has 0 saturated heterocycles. The maximum absolute atomic E-state index is 4.24. The smallest absolute Gasteiger partial charge is 0.0626 e. The Morgan fingerprint density at radius 3 is 2.29 bits per heavy atom. The molecule has 314 valence electrons. The second-order valence-electron chi connectivity index (χ2n) is 16.3. The summed E-state index contributed by atoms with van der Waals surface area (Å²) in [5.41, 5.74) is 20.6. The molecule has 2 nitrogen and oxygen atoms in total. The van der Waals surface area contributed by atoms with Gasteiger partial charge in [0.25, 0.3) is 0 Å². The van der Waals surface area contributed by atoms with Gasteiger partial charge in [-0.3, -0.25) is 0 Å². The van der Waals surface area contributed by atoms with Crippen LogP contribution in [0.2, 0.25) is 0 Å². The Morgan fingerprint density at radius 1 is 0.762 bits per heavy atom. The Bertz CT molecular complexity index is 2690. The number of unbranched alkanes of at least 4 members (excludes halogenated alkanes) is 1. The first-order valence-corrected chi connectivity index (χ1v) is 22.4. The first-order valence-electron chi connectivity index (χ1n) is 22.4. The summed E-state index contributed by atoms with van der Waals surface area (Å²) < 4.78 is 0. The van der Waals surface area contributed by atoms with Gasteiger partial charge in [-0.25, -0.2) is 0 Å². The minimum Gasteiger partial charge on any atom is -0.337 e. The molecule has 2 aliphatic heterocycles. The minimum absolute atomic E-state index is 0.141. The van der Waals surface area contributed by atoms with E-state index in [-0.39, 0.29) is 12.0 Å². The normalized spacial score (nSPS) is 18.1. The summed E-state index contributed by atoms with van der Waals surface area (Å²) in [7, 11) is 0. The summed E-state index contributed by atoms with van der Waals surface area (Å²) >= 11 is 0. The van der Waals surface area contributed by atoms with Crippen LogP contribution in [0.3, 0.4) is 0 Å². The molecule has 0 bridgehead atoms. The molecule has 2 atom stereocenters. The van der Waals surface area contributed by atoms with E-state index in [9.17, 15) is 0 Å². The molecular weight excluding hydrogens is 761 g/mol. The van der Waals surface area contributed by atoms with Crippen molar-refractivity contribution in [2.75, 3.05) is 16.3 Å². The molecule has 0 saturated carbocycles. The highest BCUT2D eigenvalue weighted by Gasteiger charge is 2.33. The molecule has 63 heavy (non-hydrogen) atoms. The predicted molar refractivity (Wildman–Crippen MR) is 276 cm³/mol. The number of nitrogens with zero attached hydrogens (tertiary/aromatic N) is 2. The molecule has 5 aromatic carbocycles. The van der Waals surface area contributed by atoms with Gasteiger partial charge >= 0.3 is 0 Å². The molecule has 0 N–H and O–H groups in total. The number of allylic oxidation sites excluding steroid dienone is 9. The highest BCUT2D eigenvalue weighted by molar-refractivity contribution is 5.90. The number of hydrogen-bond acceptors (Lipinski definition) is 2. The van der Waals surface area contributed by atoms with Crippen LogP contribution >= 0.6 is 0 Å². The Kier molecular flexibility index (Phi) is 14.4. The molecule has 0 fully saturated rings. The molecule has 2 unspecified atom stereocenters. The molecule has 4 aliphatic rings. The fourth-order valence-electron chi connectivity index (χ4n) is 9.50. The van der Waals surface area contributed by atoms with E-state index >= 15 is 0 Å². The van der Waals surface area contributed by atoms with Crippen LogP contribution in [0, 0.1) is 25.7 Å². The first kappa shape index (κ1) is 44.0. The lowest BCUT2D eigenvalue weighted by molar-refractivity contribution is 0.717. The second-order valence-corrected chi connectivity index (χ2v) is 16.3. The number of benzene rings is 5. The van der Waals surface area contributed by atoms with Gasteiger partial charge in [0.05, 0.1) is 6.04 Å². The third kappa shape index (κ3) is 9.25. The average molecular weight is 821 g/mol. The summed E-state index contributed by atoms with van der Waals surface area (Å²) in [5.74, 6) is 0.270. The van der Waals surface area contributed by atoms with E-state index in [1.54, 1.807) is 0 Å². The second kappa shape index (κ2) is 20.7. The Morgan fingerprint density at radius 2 is 1.52 bits per heavy atom. The van der Waals surface area contributed by atoms with Crippen molar-refractivity contribution in [3.8, 4) is 24.0 Å². The molecule has 0 amide bonds. The van der Waals surface area contributed by atoms with E-state index in [0.717, 1.165) is 38.6 Å². The van der Waals surface area contributed by atoms with E-state index in [1.807, 2.05) is 6.08 Å². The quantitative estimate of drug-likeness (QED) is 0.0830. The van der Waals surface area contributed by atoms with Crippen LogP contribution in [-0.2, 0) is 0 Å². The summed E-state index contributed by atoms with van der Waals surface area (Å²) in [6.07, 6.45) is 34.5. The topological polar surface area (TPSA) is 6.48 Å². The SMILES string of the molecule is C#C.C=C.C=C/C(=C\CC)c1cc(-c2cccc(C)c2)cc(N2c3ccccc3C=CC3=CC(C4C=CC5=C(C4)c4ccccc4/C(=C/CCC)CN5c4ccccc4)=CCC32)c1. The molecule has 0 spiro atoms. The summed E-state index contributed by atoms with van der Waals surface area (Å²) in [6, 6.07) is 45.1. The average Bonchev–Trinajstić information content (AvgIpc) is 3.60. The van der Waals surface area contributed by atoms with Gasteiger partial charge in [-0.15, -0.1) is 26.0 Å². The minimum atomic E-state index is 0.141. The Hall–Kier alpha value is -7.08. The van der Waals surface area contributed by atoms with Crippen molar-refractivity contribution in [2.24, 2.45) is 5.92 Å². The number of fused-ring (bicyclic) bond motifs is 4. The fourth-order valence-corrected chi connectivity index (χ4v) is 9.50. The van der Waals surface area contributed by atoms with Gasteiger partial charge in [-0.2, -0.15) is 0 Å². The highest BCUT2D eigenvalue weighted by Crippen LogP contribution is 2.47. The van der Waals surface area contributed by atoms with Gasteiger partial charge < -0.3 is 9.80 Å². The number of hydrogen-bond donors (Lipinski definition) is 0. The third-order valence-electron chi connectivity index (χ3n) is 12.4. The molecule has 0 aromatic heterocycles. The van der Waals surface area contributed by atoms with Crippen molar-refractivity contribution in [1.29, 1.82) is 0 Å². The number of anilines is 3. The van der Waals surface area contributed by atoms with Crippen molar-refractivity contribution < 1.29 is 0 Å². The van der Waals surface area contributed by atoms with E-state index < -0.39 is 0 Å². The van der Waals surface area contributed by atoms with Gasteiger partial charge in [0.1, 0.15) is 0 Å². The zero-order valence-electron chi connectivity index (χ0n) is 37.3. The molecule has 5 aromatic rings. The number of para-hydroxylation sites is 2. The van der Waals surface area contributed by atoms with Gasteiger partial charge in [0.15, 0.2) is 0 Å². The van der Waals surface area contributed by atoms with Crippen molar-refractivity contribution >= 4 is 39.9 Å².